The van der Waals surface area contributed by atoms with E-state index in [9.17, 15) is 9.18 Å². The average molecular weight is 266 g/mol. The fraction of sp³-hybridized carbons (Fsp3) is 0.167. The van der Waals surface area contributed by atoms with E-state index in [1.165, 1.54) is 6.07 Å². The molecule has 0 bridgehead atoms. The summed E-state index contributed by atoms with van der Waals surface area (Å²) in [6.07, 6.45) is 0.179. The van der Waals surface area contributed by atoms with Gasteiger partial charge >= 0.3 is 5.97 Å². The van der Waals surface area contributed by atoms with Crippen LogP contribution in [0.3, 0.4) is 0 Å². The Morgan fingerprint density at radius 2 is 2.17 bits per heavy atom. The van der Waals surface area contributed by atoms with Gasteiger partial charge in [0.25, 0.3) is 0 Å². The first-order chi connectivity index (χ1) is 8.50. The zero-order chi connectivity index (χ0) is 13.3. The predicted molar refractivity (Wildman–Crippen MR) is 66.8 cm³/mol. The zero-order valence-corrected chi connectivity index (χ0v) is 10.4. The van der Waals surface area contributed by atoms with Crippen LogP contribution in [0.25, 0.3) is 0 Å². The van der Waals surface area contributed by atoms with Crippen molar-refractivity contribution in [3.8, 4) is 0 Å². The molecule has 1 aromatic carbocycles. The standard InChI is InChI=1S/C12H11FN2O2S/c1-15-9(10(11(16)17)14-12(15)18)6-7-4-2-3-5-8(7)13/h2-5H,6H2,1H3,(H,14,18)(H,16,17). The van der Waals surface area contributed by atoms with Crippen LogP contribution in [0.1, 0.15) is 21.7 Å². The van der Waals surface area contributed by atoms with Crippen molar-refractivity contribution in [1.82, 2.24) is 9.55 Å². The molecule has 0 fully saturated rings. The van der Waals surface area contributed by atoms with Gasteiger partial charge in [-0.25, -0.2) is 9.18 Å². The van der Waals surface area contributed by atoms with Crippen molar-refractivity contribution in [3.63, 3.8) is 0 Å². The van der Waals surface area contributed by atoms with Gasteiger partial charge in [0.05, 0.1) is 5.69 Å². The lowest BCUT2D eigenvalue weighted by atomic mass is 10.1. The Morgan fingerprint density at radius 1 is 1.50 bits per heavy atom. The molecule has 0 saturated heterocycles. The van der Waals surface area contributed by atoms with Crippen molar-refractivity contribution in [3.05, 3.63) is 51.8 Å². The molecule has 4 nitrogen and oxygen atoms in total. The first-order valence-corrected chi connectivity index (χ1v) is 5.66. The molecule has 0 aliphatic heterocycles. The van der Waals surface area contributed by atoms with Crippen molar-refractivity contribution in [1.29, 1.82) is 0 Å². The largest absolute Gasteiger partial charge is 0.477 e. The number of nitrogens with one attached hydrogen (secondary N) is 1. The van der Waals surface area contributed by atoms with Crippen LogP contribution in [0.5, 0.6) is 0 Å². The minimum absolute atomic E-state index is 0.00533. The molecule has 0 amide bonds. The van der Waals surface area contributed by atoms with Crippen LogP contribution in [0.4, 0.5) is 4.39 Å². The molecule has 0 spiro atoms. The molecule has 2 aromatic rings. The smallest absolute Gasteiger partial charge is 0.354 e. The molecule has 0 atom stereocenters. The third-order valence-corrected chi connectivity index (χ3v) is 3.14. The Labute approximate surface area is 108 Å². The van der Waals surface area contributed by atoms with Crippen molar-refractivity contribution >= 4 is 18.2 Å². The number of rotatable bonds is 3. The van der Waals surface area contributed by atoms with E-state index in [0.29, 0.717) is 16.0 Å². The first-order valence-electron chi connectivity index (χ1n) is 5.25. The maximum absolute atomic E-state index is 13.6. The van der Waals surface area contributed by atoms with Crippen molar-refractivity contribution in [2.45, 2.75) is 6.42 Å². The van der Waals surface area contributed by atoms with E-state index >= 15 is 0 Å². The topological polar surface area (TPSA) is 58.0 Å². The van der Waals surface area contributed by atoms with Crippen LogP contribution in [-0.4, -0.2) is 20.6 Å². The summed E-state index contributed by atoms with van der Waals surface area (Å²) in [4.78, 5) is 13.7. The van der Waals surface area contributed by atoms with E-state index < -0.39 is 5.97 Å². The van der Waals surface area contributed by atoms with Gasteiger partial charge in [-0.15, -0.1) is 0 Å². The van der Waals surface area contributed by atoms with Gasteiger partial charge in [-0.3, -0.25) is 0 Å². The van der Waals surface area contributed by atoms with E-state index in [0.717, 1.165) is 0 Å². The SMILES string of the molecule is Cn1c(Cc2ccccc2F)c(C(=O)O)[nH]c1=S. The number of H-pyrrole nitrogens is 1. The molecule has 2 N–H and O–H groups in total. The maximum Gasteiger partial charge on any atom is 0.354 e. The molecule has 1 aromatic heterocycles. The highest BCUT2D eigenvalue weighted by Gasteiger charge is 2.17. The van der Waals surface area contributed by atoms with E-state index in [2.05, 4.69) is 4.98 Å². The summed E-state index contributed by atoms with van der Waals surface area (Å²) < 4.78 is 15.4. The van der Waals surface area contributed by atoms with E-state index in [4.69, 9.17) is 17.3 Å². The summed E-state index contributed by atoms with van der Waals surface area (Å²) >= 11 is 4.98. The second-order valence-electron chi connectivity index (χ2n) is 3.88. The number of carbonyl (C=O) groups is 1. The number of benzene rings is 1. The summed E-state index contributed by atoms with van der Waals surface area (Å²) in [5.74, 6) is -1.46. The molecule has 1 heterocycles. The van der Waals surface area contributed by atoms with Crippen LogP contribution >= 0.6 is 12.2 Å². The van der Waals surface area contributed by atoms with Crippen LogP contribution in [0.2, 0.25) is 0 Å². The van der Waals surface area contributed by atoms with Gasteiger partial charge in [-0.05, 0) is 23.8 Å². The minimum atomic E-state index is -1.10. The third kappa shape index (κ3) is 2.19. The molecule has 0 aliphatic carbocycles. The number of aromatic amines is 1. The van der Waals surface area contributed by atoms with Gasteiger partial charge < -0.3 is 14.7 Å². The molecule has 0 radical (unpaired) electrons. The van der Waals surface area contributed by atoms with Gasteiger partial charge in [0.2, 0.25) is 0 Å². The number of carboxylic acid groups (broad SMARTS) is 1. The number of halogens is 1. The summed E-state index contributed by atoms with van der Waals surface area (Å²) in [5, 5.41) is 9.07. The summed E-state index contributed by atoms with van der Waals surface area (Å²) in [6, 6.07) is 6.26. The number of aromatic nitrogens is 2. The van der Waals surface area contributed by atoms with Crippen molar-refractivity contribution < 1.29 is 14.3 Å². The number of carboxylic acids is 1. The molecule has 2 rings (SSSR count). The average Bonchev–Trinajstić information content (AvgIpc) is 2.60. The molecular weight excluding hydrogens is 255 g/mol. The second-order valence-corrected chi connectivity index (χ2v) is 4.27. The molecule has 0 unspecified atom stereocenters. The first kappa shape index (κ1) is 12.5. The van der Waals surface area contributed by atoms with Gasteiger partial charge in [0, 0.05) is 13.5 Å². The lowest BCUT2D eigenvalue weighted by Gasteiger charge is -2.05. The molecule has 94 valence electrons. The minimum Gasteiger partial charge on any atom is -0.477 e. The lowest BCUT2D eigenvalue weighted by molar-refractivity contribution is 0.0689. The van der Waals surface area contributed by atoms with E-state index in [1.807, 2.05) is 0 Å². The summed E-state index contributed by atoms with van der Waals surface area (Å²) in [6.45, 7) is 0. The predicted octanol–water partition coefficient (Wildman–Crippen LogP) is 2.51. The maximum atomic E-state index is 13.6. The number of hydrogen-bond donors (Lipinski definition) is 2. The number of imidazole rings is 1. The van der Waals surface area contributed by atoms with Crippen LogP contribution < -0.4 is 0 Å². The van der Waals surface area contributed by atoms with Crippen LogP contribution in [-0.2, 0) is 13.5 Å². The highest BCUT2D eigenvalue weighted by molar-refractivity contribution is 7.71. The van der Waals surface area contributed by atoms with Gasteiger partial charge in [-0.2, -0.15) is 0 Å². The van der Waals surface area contributed by atoms with Crippen molar-refractivity contribution in [2.75, 3.05) is 0 Å². The fourth-order valence-corrected chi connectivity index (χ4v) is 1.97. The molecule has 0 saturated carbocycles. The summed E-state index contributed by atoms with van der Waals surface area (Å²) in [7, 11) is 1.65. The van der Waals surface area contributed by atoms with Crippen LogP contribution in [0, 0.1) is 10.6 Å². The highest BCUT2D eigenvalue weighted by atomic mass is 32.1. The number of nitrogens with zero attached hydrogens (tertiary/aromatic N) is 1. The fourth-order valence-electron chi connectivity index (χ4n) is 1.76. The van der Waals surface area contributed by atoms with Gasteiger partial charge in [-0.1, -0.05) is 18.2 Å². The Hall–Kier alpha value is -1.95. The molecule has 0 aliphatic rings. The van der Waals surface area contributed by atoms with Crippen molar-refractivity contribution in [2.24, 2.45) is 7.05 Å². The van der Waals surface area contributed by atoms with Gasteiger partial charge in [0.1, 0.15) is 11.5 Å². The number of hydrogen-bond acceptors (Lipinski definition) is 2. The Balaban J connectivity index is 2.50. The third-order valence-electron chi connectivity index (χ3n) is 2.76. The normalized spacial score (nSPS) is 10.6. The Kier molecular flexibility index (Phi) is 3.29. The lowest BCUT2D eigenvalue weighted by Crippen LogP contribution is -2.06. The molecular formula is C12H11FN2O2S. The van der Waals surface area contributed by atoms with E-state index in [1.54, 1.807) is 29.8 Å². The second kappa shape index (κ2) is 4.73. The van der Waals surface area contributed by atoms with Gasteiger partial charge in [0.15, 0.2) is 4.77 Å². The zero-order valence-electron chi connectivity index (χ0n) is 9.61. The van der Waals surface area contributed by atoms with Crippen LogP contribution in [0.15, 0.2) is 24.3 Å². The Bertz CT molecular complexity index is 660. The quantitative estimate of drug-likeness (QED) is 0.839. The molecule has 18 heavy (non-hydrogen) atoms. The highest BCUT2D eigenvalue weighted by Crippen LogP contribution is 2.16. The Morgan fingerprint density at radius 3 is 2.78 bits per heavy atom. The molecule has 6 heteroatoms. The monoisotopic (exact) mass is 266 g/mol. The number of aromatic carboxylic acids is 1. The van der Waals surface area contributed by atoms with E-state index in [-0.39, 0.29) is 17.9 Å². The summed E-state index contributed by atoms with van der Waals surface area (Å²) in [5.41, 5.74) is 0.896.